The second-order valence-corrected chi connectivity index (χ2v) is 9.14. The molecule has 0 unspecified atom stereocenters. The Balaban J connectivity index is 1.77. The molecular weight excluding hydrogens is 438 g/mol. The number of aryl methyl sites for hydroxylation is 3. The Labute approximate surface area is 196 Å². The first kappa shape index (κ1) is 24.2. The largest absolute Gasteiger partial charge is 0.325 e. The van der Waals surface area contributed by atoms with Gasteiger partial charge in [-0.05, 0) is 63.1 Å². The standard InChI is InChI=1S/C24H27N5O3S/c1-6-20(30)26-19-10-7-13(2)11-18(19)21-23(32)27-24(29-28-21)33-16(5)22(31)25-17-9-8-14(3)15(4)12-17/h7-12,16H,6H2,1-5H3,(H,25,31)(H,26,30)(H,27,29,32)/t16-/m0/s1. The fourth-order valence-corrected chi connectivity index (χ4v) is 3.78. The van der Waals surface area contributed by atoms with Crippen molar-refractivity contribution in [1.82, 2.24) is 15.2 Å². The van der Waals surface area contributed by atoms with Crippen LogP contribution in [0.4, 0.5) is 11.4 Å². The second-order valence-electron chi connectivity index (χ2n) is 7.81. The lowest BCUT2D eigenvalue weighted by atomic mass is 10.1. The maximum atomic E-state index is 12.8. The van der Waals surface area contributed by atoms with Crippen molar-refractivity contribution in [2.75, 3.05) is 10.6 Å². The number of thioether (sulfide) groups is 1. The number of amides is 2. The predicted molar refractivity (Wildman–Crippen MR) is 132 cm³/mol. The summed E-state index contributed by atoms with van der Waals surface area (Å²) in [7, 11) is 0. The van der Waals surface area contributed by atoms with E-state index in [4.69, 9.17) is 0 Å². The second kappa shape index (κ2) is 10.4. The van der Waals surface area contributed by atoms with E-state index in [2.05, 4.69) is 25.8 Å². The number of aromatic nitrogens is 3. The van der Waals surface area contributed by atoms with Gasteiger partial charge < -0.3 is 10.6 Å². The molecule has 9 heteroatoms. The number of benzene rings is 2. The van der Waals surface area contributed by atoms with E-state index in [1.165, 1.54) is 0 Å². The first-order valence-corrected chi connectivity index (χ1v) is 11.5. The van der Waals surface area contributed by atoms with Crippen LogP contribution in [0, 0.1) is 20.8 Å². The lowest BCUT2D eigenvalue weighted by Crippen LogP contribution is -2.24. The number of hydrogen-bond acceptors (Lipinski definition) is 6. The average Bonchev–Trinajstić information content (AvgIpc) is 2.77. The van der Waals surface area contributed by atoms with Crippen molar-refractivity contribution >= 4 is 35.0 Å². The van der Waals surface area contributed by atoms with Crippen molar-refractivity contribution in [3.63, 3.8) is 0 Å². The average molecular weight is 466 g/mol. The molecule has 2 amide bonds. The van der Waals surface area contributed by atoms with E-state index in [1.807, 2.05) is 45.0 Å². The molecule has 3 N–H and O–H groups in total. The summed E-state index contributed by atoms with van der Waals surface area (Å²) >= 11 is 1.11. The molecule has 0 aliphatic rings. The summed E-state index contributed by atoms with van der Waals surface area (Å²) in [5.41, 5.74) is 4.49. The van der Waals surface area contributed by atoms with Gasteiger partial charge >= 0.3 is 0 Å². The van der Waals surface area contributed by atoms with Crippen molar-refractivity contribution in [2.24, 2.45) is 0 Å². The van der Waals surface area contributed by atoms with E-state index in [-0.39, 0.29) is 22.7 Å². The van der Waals surface area contributed by atoms with Gasteiger partial charge in [0.25, 0.3) is 5.56 Å². The summed E-state index contributed by atoms with van der Waals surface area (Å²) in [4.78, 5) is 39.9. The summed E-state index contributed by atoms with van der Waals surface area (Å²) in [6, 6.07) is 11.1. The molecule has 0 bridgehead atoms. The van der Waals surface area contributed by atoms with Crippen LogP contribution >= 0.6 is 11.8 Å². The molecule has 3 rings (SSSR count). The van der Waals surface area contributed by atoms with E-state index in [1.54, 1.807) is 26.0 Å². The molecule has 8 nitrogen and oxygen atoms in total. The van der Waals surface area contributed by atoms with Crippen LogP contribution in [0.1, 0.15) is 37.0 Å². The molecule has 1 heterocycles. The molecule has 1 aromatic heterocycles. The van der Waals surface area contributed by atoms with Crippen molar-refractivity contribution in [2.45, 2.75) is 51.4 Å². The van der Waals surface area contributed by atoms with Gasteiger partial charge in [0.15, 0.2) is 10.9 Å². The summed E-state index contributed by atoms with van der Waals surface area (Å²) < 4.78 is 0. The summed E-state index contributed by atoms with van der Waals surface area (Å²) in [6.45, 7) is 9.36. The summed E-state index contributed by atoms with van der Waals surface area (Å²) in [5, 5.41) is 13.6. The molecule has 33 heavy (non-hydrogen) atoms. The Hall–Kier alpha value is -3.46. The number of nitrogens with one attached hydrogen (secondary N) is 3. The molecule has 1 atom stereocenters. The lowest BCUT2D eigenvalue weighted by Gasteiger charge is -2.13. The Morgan fingerprint density at radius 1 is 1.03 bits per heavy atom. The number of aromatic amines is 1. The summed E-state index contributed by atoms with van der Waals surface area (Å²) in [6.07, 6.45) is 0.313. The van der Waals surface area contributed by atoms with Gasteiger partial charge in [-0.2, -0.15) is 0 Å². The Kier molecular flexibility index (Phi) is 7.65. The van der Waals surface area contributed by atoms with Gasteiger partial charge in [0.2, 0.25) is 11.8 Å². The molecule has 3 aromatic rings. The Morgan fingerprint density at radius 3 is 2.45 bits per heavy atom. The minimum Gasteiger partial charge on any atom is -0.325 e. The number of H-pyrrole nitrogens is 1. The van der Waals surface area contributed by atoms with E-state index in [0.717, 1.165) is 28.5 Å². The highest BCUT2D eigenvalue weighted by atomic mass is 32.2. The fraction of sp³-hybridized carbons (Fsp3) is 0.292. The third-order valence-corrected chi connectivity index (χ3v) is 6.11. The van der Waals surface area contributed by atoms with Gasteiger partial charge in [-0.15, -0.1) is 10.2 Å². The predicted octanol–water partition coefficient (Wildman–Crippen LogP) is 4.22. The van der Waals surface area contributed by atoms with Crippen LogP contribution in [0.5, 0.6) is 0 Å². The monoisotopic (exact) mass is 465 g/mol. The van der Waals surface area contributed by atoms with Gasteiger partial charge in [-0.25, -0.2) is 0 Å². The number of hydrogen-bond donors (Lipinski definition) is 3. The minimum absolute atomic E-state index is 0.0988. The normalized spacial score (nSPS) is 11.7. The van der Waals surface area contributed by atoms with Crippen LogP contribution in [-0.2, 0) is 9.59 Å². The third-order valence-electron chi connectivity index (χ3n) is 5.13. The quantitative estimate of drug-likeness (QED) is 0.450. The first-order valence-electron chi connectivity index (χ1n) is 10.6. The van der Waals surface area contributed by atoms with E-state index in [9.17, 15) is 14.4 Å². The third kappa shape index (κ3) is 6.07. The minimum atomic E-state index is -0.513. The van der Waals surface area contributed by atoms with Gasteiger partial charge in [-0.1, -0.05) is 36.4 Å². The number of anilines is 2. The topological polar surface area (TPSA) is 117 Å². The number of rotatable bonds is 7. The van der Waals surface area contributed by atoms with Gasteiger partial charge in [0.1, 0.15) is 0 Å². The molecule has 0 radical (unpaired) electrons. The molecule has 2 aromatic carbocycles. The maximum absolute atomic E-state index is 12.8. The van der Waals surface area contributed by atoms with Crippen LogP contribution in [-0.4, -0.2) is 32.2 Å². The molecule has 0 spiro atoms. The zero-order chi connectivity index (χ0) is 24.1. The molecular formula is C24H27N5O3S. The van der Waals surface area contributed by atoms with Crippen LogP contribution in [0.2, 0.25) is 0 Å². The van der Waals surface area contributed by atoms with Crippen LogP contribution in [0.25, 0.3) is 11.3 Å². The maximum Gasteiger partial charge on any atom is 0.278 e. The first-order chi connectivity index (χ1) is 15.7. The molecule has 0 aliphatic heterocycles. The lowest BCUT2D eigenvalue weighted by molar-refractivity contribution is -0.116. The number of carbonyl (C=O) groups is 2. The van der Waals surface area contributed by atoms with Crippen molar-refractivity contribution in [3.05, 3.63) is 63.4 Å². The van der Waals surface area contributed by atoms with Gasteiger partial charge in [0.05, 0.1) is 10.9 Å². The highest BCUT2D eigenvalue weighted by molar-refractivity contribution is 8.00. The van der Waals surface area contributed by atoms with Crippen molar-refractivity contribution in [1.29, 1.82) is 0 Å². The van der Waals surface area contributed by atoms with Crippen molar-refractivity contribution < 1.29 is 9.59 Å². The molecule has 0 fully saturated rings. The zero-order valence-electron chi connectivity index (χ0n) is 19.3. The van der Waals surface area contributed by atoms with Crippen LogP contribution in [0.3, 0.4) is 0 Å². The Morgan fingerprint density at radius 2 is 1.79 bits per heavy atom. The zero-order valence-corrected chi connectivity index (χ0v) is 20.1. The highest BCUT2D eigenvalue weighted by Gasteiger charge is 2.19. The molecule has 0 aliphatic carbocycles. The van der Waals surface area contributed by atoms with Crippen LogP contribution < -0.4 is 16.2 Å². The van der Waals surface area contributed by atoms with E-state index < -0.39 is 10.8 Å². The molecule has 0 saturated heterocycles. The SMILES string of the molecule is CCC(=O)Nc1ccc(C)cc1-c1nnc(S[C@@H](C)C(=O)Nc2ccc(C)c(C)c2)[nH]c1=O. The van der Waals surface area contributed by atoms with Gasteiger partial charge in [-0.3, -0.25) is 19.4 Å². The number of carbonyl (C=O) groups excluding carboxylic acids is 2. The van der Waals surface area contributed by atoms with Crippen molar-refractivity contribution in [3.8, 4) is 11.3 Å². The molecule has 172 valence electrons. The van der Waals surface area contributed by atoms with Crippen LogP contribution in [0.15, 0.2) is 46.3 Å². The van der Waals surface area contributed by atoms with E-state index in [0.29, 0.717) is 23.4 Å². The molecule has 0 saturated carbocycles. The Bertz CT molecular complexity index is 1260. The van der Waals surface area contributed by atoms with E-state index >= 15 is 0 Å². The summed E-state index contributed by atoms with van der Waals surface area (Å²) in [5.74, 6) is -0.376. The van der Waals surface area contributed by atoms with Gasteiger partial charge in [0, 0.05) is 17.7 Å². The smallest absolute Gasteiger partial charge is 0.278 e. The number of nitrogens with zero attached hydrogens (tertiary/aromatic N) is 2. The highest BCUT2D eigenvalue weighted by Crippen LogP contribution is 2.26. The fourth-order valence-electron chi connectivity index (χ4n) is 3.04.